The van der Waals surface area contributed by atoms with E-state index in [1.807, 2.05) is 13.8 Å². The van der Waals surface area contributed by atoms with Crippen LogP contribution in [0.1, 0.15) is 19.9 Å². The van der Waals surface area contributed by atoms with Gasteiger partial charge in [-0.25, -0.2) is 4.68 Å². The van der Waals surface area contributed by atoms with Crippen molar-refractivity contribution in [3.63, 3.8) is 0 Å². The minimum atomic E-state index is -0.276. The zero-order valence-electron chi connectivity index (χ0n) is 10.7. The highest BCUT2D eigenvalue weighted by atomic mass is 79.9. The van der Waals surface area contributed by atoms with E-state index in [9.17, 15) is 4.79 Å². The maximum absolute atomic E-state index is 12.0. The molecule has 0 aliphatic rings. The molecule has 1 unspecified atom stereocenters. The van der Waals surface area contributed by atoms with E-state index >= 15 is 0 Å². The van der Waals surface area contributed by atoms with Crippen molar-refractivity contribution >= 4 is 21.6 Å². The van der Waals surface area contributed by atoms with E-state index in [0.717, 1.165) is 0 Å². The van der Waals surface area contributed by atoms with Crippen LogP contribution in [-0.4, -0.2) is 41.3 Å². The van der Waals surface area contributed by atoms with Crippen molar-refractivity contribution in [1.29, 1.82) is 0 Å². The normalized spacial score (nSPS) is 12.8. The molecule has 0 spiro atoms. The number of aliphatic hydroxyl groups is 1. The summed E-state index contributed by atoms with van der Waals surface area (Å²) in [7, 11) is 1.55. The Labute approximate surface area is 114 Å². The standard InChI is InChI=1S/C11H18BrN3O3/c1-7(2)15-11(17)10(12)9(4-13-15)14-8(5-16)6-18-3/h4,7-8,14,16H,5-6H2,1-3H3. The van der Waals surface area contributed by atoms with Crippen LogP contribution in [0.4, 0.5) is 5.69 Å². The Morgan fingerprint density at radius 1 is 1.61 bits per heavy atom. The Balaban J connectivity index is 2.98. The Kier molecular flexibility index (Phi) is 5.77. The third-order valence-electron chi connectivity index (χ3n) is 2.38. The lowest BCUT2D eigenvalue weighted by Gasteiger charge is -2.18. The quantitative estimate of drug-likeness (QED) is 0.818. The predicted octanol–water partition coefficient (Wildman–Crippen LogP) is 1.01. The monoisotopic (exact) mass is 319 g/mol. The predicted molar refractivity (Wildman–Crippen MR) is 73.0 cm³/mol. The van der Waals surface area contributed by atoms with Crippen LogP contribution < -0.4 is 10.9 Å². The number of ether oxygens (including phenoxy) is 1. The summed E-state index contributed by atoms with van der Waals surface area (Å²) in [5, 5.41) is 16.2. The largest absolute Gasteiger partial charge is 0.394 e. The van der Waals surface area contributed by atoms with Gasteiger partial charge in [-0.2, -0.15) is 5.10 Å². The molecule has 1 aromatic rings. The molecular formula is C11H18BrN3O3. The first-order valence-electron chi connectivity index (χ1n) is 5.64. The van der Waals surface area contributed by atoms with Gasteiger partial charge in [-0.3, -0.25) is 4.79 Å². The van der Waals surface area contributed by atoms with E-state index < -0.39 is 0 Å². The Bertz CT molecular complexity index is 448. The molecule has 18 heavy (non-hydrogen) atoms. The third kappa shape index (κ3) is 3.54. The average molecular weight is 320 g/mol. The number of aliphatic hydroxyl groups excluding tert-OH is 1. The van der Waals surface area contributed by atoms with E-state index in [1.165, 1.54) is 4.68 Å². The summed E-state index contributed by atoms with van der Waals surface area (Å²) in [5.41, 5.74) is 0.345. The molecule has 0 aromatic carbocycles. The first-order chi connectivity index (χ1) is 8.51. The summed E-state index contributed by atoms with van der Waals surface area (Å²) >= 11 is 3.25. The molecule has 7 heteroatoms. The second-order valence-corrected chi connectivity index (χ2v) is 4.99. The summed E-state index contributed by atoms with van der Waals surface area (Å²) < 4.78 is 6.75. The highest BCUT2D eigenvalue weighted by Crippen LogP contribution is 2.18. The lowest BCUT2D eigenvalue weighted by atomic mass is 10.3. The fourth-order valence-electron chi connectivity index (χ4n) is 1.47. The minimum Gasteiger partial charge on any atom is -0.394 e. The van der Waals surface area contributed by atoms with Gasteiger partial charge < -0.3 is 15.2 Å². The Hall–Kier alpha value is -0.920. The zero-order valence-corrected chi connectivity index (χ0v) is 12.3. The van der Waals surface area contributed by atoms with E-state index in [4.69, 9.17) is 9.84 Å². The molecule has 1 rings (SSSR count). The molecule has 6 nitrogen and oxygen atoms in total. The fourth-order valence-corrected chi connectivity index (χ4v) is 1.87. The van der Waals surface area contributed by atoms with Crippen LogP contribution in [0.2, 0.25) is 0 Å². The molecule has 0 bridgehead atoms. The van der Waals surface area contributed by atoms with Crippen molar-refractivity contribution in [3.8, 4) is 0 Å². The van der Waals surface area contributed by atoms with E-state index in [0.29, 0.717) is 16.8 Å². The summed E-state index contributed by atoms with van der Waals surface area (Å²) in [6, 6.07) is -0.280. The molecule has 1 aromatic heterocycles. The Morgan fingerprint density at radius 2 is 2.28 bits per heavy atom. The molecule has 0 saturated heterocycles. The topological polar surface area (TPSA) is 76.4 Å². The van der Waals surface area contributed by atoms with Gasteiger partial charge >= 0.3 is 0 Å². The maximum atomic E-state index is 12.0. The number of rotatable bonds is 6. The molecule has 0 aliphatic carbocycles. The van der Waals surface area contributed by atoms with Gasteiger partial charge in [0.25, 0.3) is 5.56 Å². The molecule has 0 aliphatic heterocycles. The van der Waals surface area contributed by atoms with Crippen molar-refractivity contribution in [3.05, 3.63) is 21.0 Å². The van der Waals surface area contributed by atoms with E-state index in [2.05, 4.69) is 26.3 Å². The van der Waals surface area contributed by atoms with Gasteiger partial charge in [0.2, 0.25) is 0 Å². The maximum Gasteiger partial charge on any atom is 0.283 e. The smallest absolute Gasteiger partial charge is 0.283 e. The summed E-state index contributed by atoms with van der Waals surface area (Å²) in [6.07, 6.45) is 1.56. The van der Waals surface area contributed by atoms with E-state index in [-0.39, 0.29) is 24.2 Å². The molecule has 0 amide bonds. The molecule has 0 fully saturated rings. The average Bonchev–Trinajstić information content (AvgIpc) is 2.33. The zero-order chi connectivity index (χ0) is 13.7. The number of nitrogens with one attached hydrogen (secondary N) is 1. The van der Waals surface area contributed by atoms with Crippen molar-refractivity contribution in [2.24, 2.45) is 0 Å². The third-order valence-corrected chi connectivity index (χ3v) is 3.15. The van der Waals surface area contributed by atoms with Crippen LogP contribution in [0.5, 0.6) is 0 Å². The molecular weight excluding hydrogens is 302 g/mol. The second kappa shape index (κ2) is 6.86. The second-order valence-electron chi connectivity index (χ2n) is 4.19. The first-order valence-corrected chi connectivity index (χ1v) is 6.44. The number of methoxy groups -OCH3 is 1. The highest BCUT2D eigenvalue weighted by Gasteiger charge is 2.14. The number of hydrogen-bond donors (Lipinski definition) is 2. The van der Waals surface area contributed by atoms with Crippen LogP contribution in [0.3, 0.4) is 0 Å². The van der Waals surface area contributed by atoms with Gasteiger partial charge in [-0.15, -0.1) is 0 Å². The number of nitrogens with zero attached hydrogens (tertiary/aromatic N) is 2. The van der Waals surface area contributed by atoms with Crippen molar-refractivity contribution in [1.82, 2.24) is 9.78 Å². The number of hydrogen-bond acceptors (Lipinski definition) is 5. The summed E-state index contributed by atoms with van der Waals surface area (Å²) in [5.74, 6) is 0. The molecule has 0 saturated carbocycles. The van der Waals surface area contributed by atoms with Crippen LogP contribution >= 0.6 is 15.9 Å². The molecule has 102 valence electrons. The first kappa shape index (κ1) is 15.1. The van der Waals surface area contributed by atoms with Crippen molar-refractivity contribution < 1.29 is 9.84 Å². The van der Waals surface area contributed by atoms with Crippen LogP contribution in [0.15, 0.2) is 15.5 Å². The molecule has 0 radical (unpaired) electrons. The van der Waals surface area contributed by atoms with Crippen LogP contribution in [0.25, 0.3) is 0 Å². The van der Waals surface area contributed by atoms with Gasteiger partial charge in [0, 0.05) is 7.11 Å². The van der Waals surface area contributed by atoms with Crippen LogP contribution in [-0.2, 0) is 4.74 Å². The van der Waals surface area contributed by atoms with Crippen LogP contribution in [0, 0.1) is 0 Å². The SMILES string of the molecule is COCC(CO)Nc1cnn(C(C)C)c(=O)c1Br. The molecule has 1 atom stereocenters. The Morgan fingerprint density at radius 3 is 2.78 bits per heavy atom. The minimum absolute atomic E-state index is 0.00420. The molecule has 2 N–H and O–H groups in total. The van der Waals surface area contributed by atoms with E-state index in [1.54, 1.807) is 13.3 Å². The molecule has 1 heterocycles. The van der Waals surface area contributed by atoms with Crippen molar-refractivity contribution in [2.75, 3.05) is 25.6 Å². The van der Waals surface area contributed by atoms with Gasteiger partial charge in [0.1, 0.15) is 4.47 Å². The summed E-state index contributed by atoms with van der Waals surface area (Å²) in [6.45, 7) is 4.02. The van der Waals surface area contributed by atoms with Gasteiger partial charge in [-0.1, -0.05) is 0 Å². The number of halogens is 1. The number of anilines is 1. The summed E-state index contributed by atoms with van der Waals surface area (Å²) in [4.78, 5) is 12.0. The number of aromatic nitrogens is 2. The van der Waals surface area contributed by atoms with Crippen molar-refractivity contribution in [2.45, 2.75) is 25.9 Å². The van der Waals surface area contributed by atoms with Gasteiger partial charge in [0.05, 0.1) is 37.2 Å². The fraction of sp³-hybridized carbons (Fsp3) is 0.636. The van der Waals surface area contributed by atoms with Gasteiger partial charge in [-0.05, 0) is 29.8 Å². The highest BCUT2D eigenvalue weighted by molar-refractivity contribution is 9.10. The van der Waals surface area contributed by atoms with Gasteiger partial charge in [0.15, 0.2) is 0 Å². The lowest BCUT2D eigenvalue weighted by molar-refractivity contribution is 0.153. The lowest BCUT2D eigenvalue weighted by Crippen LogP contribution is -2.31.